The largest absolute Gasteiger partial charge is 0.508 e. The van der Waals surface area contributed by atoms with Gasteiger partial charge in [-0.1, -0.05) is 0 Å². The SMILES string of the molecule is Oc1ccc(N2CCN(C(=S)N/N=C3/CCNc4cc(F)cnc43)CC2)cc1. The van der Waals surface area contributed by atoms with E-state index >= 15 is 0 Å². The number of benzene rings is 1. The Morgan fingerprint density at radius 2 is 1.96 bits per heavy atom. The number of halogens is 1. The van der Waals surface area contributed by atoms with Gasteiger partial charge in [0.1, 0.15) is 17.3 Å². The zero-order valence-corrected chi connectivity index (χ0v) is 16.0. The number of phenolic OH excluding ortho intramolecular Hbond substituents is 1. The van der Waals surface area contributed by atoms with E-state index in [1.54, 1.807) is 12.1 Å². The lowest BCUT2D eigenvalue weighted by atomic mass is 10.1. The Labute approximate surface area is 167 Å². The predicted octanol–water partition coefficient (Wildman–Crippen LogP) is 2.14. The van der Waals surface area contributed by atoms with E-state index in [1.165, 1.54) is 12.3 Å². The topological polar surface area (TPSA) is 76.0 Å². The molecule has 1 saturated heterocycles. The average molecular weight is 400 g/mol. The standard InChI is InChI=1S/C19H21FN6OS/c20-13-11-17-18(22-12-13)16(5-6-21-17)23-24-19(28)26-9-7-25(8-10-26)14-1-3-15(27)4-2-14/h1-4,11-12,21,27H,5-10H2,(H,24,28)/b23-16-. The van der Waals surface area contributed by atoms with Crippen molar-refractivity contribution in [3.63, 3.8) is 0 Å². The number of aromatic nitrogens is 1. The maximum Gasteiger partial charge on any atom is 0.189 e. The average Bonchev–Trinajstić information content (AvgIpc) is 2.72. The van der Waals surface area contributed by atoms with Crippen molar-refractivity contribution < 1.29 is 9.50 Å². The molecule has 0 atom stereocenters. The molecule has 0 radical (unpaired) electrons. The third kappa shape index (κ3) is 3.99. The summed E-state index contributed by atoms with van der Waals surface area (Å²) in [5.41, 5.74) is 6.12. The van der Waals surface area contributed by atoms with Crippen LogP contribution in [0.3, 0.4) is 0 Å². The van der Waals surface area contributed by atoms with Gasteiger partial charge in [0, 0.05) is 50.9 Å². The summed E-state index contributed by atoms with van der Waals surface area (Å²) in [5, 5.41) is 17.6. The summed E-state index contributed by atoms with van der Waals surface area (Å²) in [6.45, 7) is 3.89. The van der Waals surface area contributed by atoms with E-state index in [0.717, 1.165) is 37.6 Å². The van der Waals surface area contributed by atoms with E-state index in [4.69, 9.17) is 12.2 Å². The van der Waals surface area contributed by atoms with Gasteiger partial charge in [0.2, 0.25) is 0 Å². The molecular weight excluding hydrogens is 379 g/mol. The Hall–Kier alpha value is -2.94. The number of thiocarbonyl (C=S) groups is 1. The molecule has 146 valence electrons. The molecule has 2 aliphatic rings. The molecule has 3 heterocycles. The Bertz CT molecular complexity index is 896. The Kier molecular flexibility index (Phi) is 5.25. The van der Waals surface area contributed by atoms with Crippen LogP contribution in [0.4, 0.5) is 15.8 Å². The van der Waals surface area contributed by atoms with E-state index in [9.17, 15) is 9.50 Å². The number of piperazine rings is 1. The molecule has 0 saturated carbocycles. The van der Waals surface area contributed by atoms with Crippen LogP contribution in [0.25, 0.3) is 0 Å². The molecule has 0 amide bonds. The van der Waals surface area contributed by atoms with Gasteiger partial charge < -0.3 is 20.2 Å². The van der Waals surface area contributed by atoms with Crippen molar-refractivity contribution in [3.8, 4) is 5.75 Å². The molecule has 0 unspecified atom stereocenters. The van der Waals surface area contributed by atoms with Gasteiger partial charge >= 0.3 is 0 Å². The smallest absolute Gasteiger partial charge is 0.189 e. The van der Waals surface area contributed by atoms with Crippen LogP contribution in [0.2, 0.25) is 0 Å². The second kappa shape index (κ2) is 7.97. The Morgan fingerprint density at radius 1 is 1.21 bits per heavy atom. The third-order valence-corrected chi connectivity index (χ3v) is 5.22. The van der Waals surface area contributed by atoms with Gasteiger partial charge in [0.05, 0.1) is 17.6 Å². The second-order valence-electron chi connectivity index (χ2n) is 6.69. The number of phenols is 1. The van der Waals surface area contributed by atoms with Crippen LogP contribution >= 0.6 is 12.2 Å². The molecule has 2 aromatic rings. The number of hydrogen-bond acceptors (Lipinski definition) is 6. The quantitative estimate of drug-likeness (QED) is 0.527. The highest BCUT2D eigenvalue weighted by Crippen LogP contribution is 2.21. The minimum Gasteiger partial charge on any atom is -0.508 e. The summed E-state index contributed by atoms with van der Waals surface area (Å²) in [4.78, 5) is 8.49. The highest BCUT2D eigenvalue weighted by molar-refractivity contribution is 7.80. The molecule has 1 aromatic carbocycles. The number of nitrogens with one attached hydrogen (secondary N) is 2. The highest BCUT2D eigenvalue weighted by atomic mass is 32.1. The van der Waals surface area contributed by atoms with Crippen LogP contribution in [0.15, 0.2) is 41.6 Å². The Balaban J connectivity index is 1.35. The maximum absolute atomic E-state index is 13.4. The van der Waals surface area contributed by atoms with E-state index in [-0.39, 0.29) is 11.6 Å². The first-order valence-electron chi connectivity index (χ1n) is 9.15. The summed E-state index contributed by atoms with van der Waals surface area (Å²) < 4.78 is 13.4. The second-order valence-corrected chi connectivity index (χ2v) is 7.08. The van der Waals surface area contributed by atoms with Gasteiger partial charge in [0.15, 0.2) is 5.11 Å². The molecule has 4 rings (SSSR count). The van der Waals surface area contributed by atoms with Gasteiger partial charge in [-0.3, -0.25) is 5.43 Å². The van der Waals surface area contributed by atoms with E-state index in [1.807, 2.05) is 12.1 Å². The zero-order valence-electron chi connectivity index (χ0n) is 15.2. The fourth-order valence-electron chi connectivity index (χ4n) is 3.36. The summed E-state index contributed by atoms with van der Waals surface area (Å²) in [5.74, 6) is -0.105. The van der Waals surface area contributed by atoms with Crippen LogP contribution in [0.5, 0.6) is 5.75 Å². The summed E-state index contributed by atoms with van der Waals surface area (Å²) in [6.07, 6.45) is 1.89. The predicted molar refractivity (Wildman–Crippen MR) is 111 cm³/mol. The first-order chi connectivity index (χ1) is 13.6. The fourth-order valence-corrected chi connectivity index (χ4v) is 3.59. The lowest BCUT2D eigenvalue weighted by molar-refractivity contribution is 0.381. The van der Waals surface area contributed by atoms with E-state index in [2.05, 4.69) is 30.6 Å². The normalized spacial score (nSPS) is 17.8. The molecular formula is C19H21FN6OS. The molecule has 2 aliphatic heterocycles. The lowest BCUT2D eigenvalue weighted by Gasteiger charge is -2.37. The number of aromatic hydroxyl groups is 1. The molecule has 0 spiro atoms. The fraction of sp³-hybridized carbons (Fsp3) is 0.316. The highest BCUT2D eigenvalue weighted by Gasteiger charge is 2.21. The number of pyridine rings is 1. The van der Waals surface area contributed by atoms with Crippen LogP contribution in [-0.2, 0) is 0 Å². The molecule has 28 heavy (non-hydrogen) atoms. The van der Waals surface area contributed by atoms with Gasteiger partial charge in [-0.15, -0.1) is 0 Å². The number of nitrogens with zero attached hydrogens (tertiary/aromatic N) is 4. The van der Waals surface area contributed by atoms with Crippen LogP contribution in [0.1, 0.15) is 12.1 Å². The summed E-state index contributed by atoms with van der Waals surface area (Å²) >= 11 is 5.49. The van der Waals surface area contributed by atoms with Crippen LogP contribution < -0.4 is 15.6 Å². The summed E-state index contributed by atoms with van der Waals surface area (Å²) in [6, 6.07) is 8.65. The molecule has 0 aliphatic carbocycles. The minimum absolute atomic E-state index is 0.267. The van der Waals surface area contributed by atoms with E-state index < -0.39 is 0 Å². The van der Waals surface area contributed by atoms with Crippen LogP contribution in [-0.4, -0.2) is 58.5 Å². The number of fused-ring (bicyclic) bond motifs is 1. The van der Waals surface area contributed by atoms with Crippen molar-refractivity contribution in [1.82, 2.24) is 15.3 Å². The monoisotopic (exact) mass is 400 g/mol. The van der Waals surface area contributed by atoms with E-state index in [0.29, 0.717) is 29.5 Å². The molecule has 1 fully saturated rings. The molecule has 7 nitrogen and oxygen atoms in total. The van der Waals surface area contributed by atoms with Gasteiger partial charge in [0.25, 0.3) is 0 Å². The lowest BCUT2D eigenvalue weighted by Crippen LogP contribution is -2.51. The van der Waals surface area contributed by atoms with Gasteiger partial charge in [-0.05, 0) is 36.5 Å². The van der Waals surface area contributed by atoms with Crippen molar-refractivity contribution in [2.45, 2.75) is 6.42 Å². The number of anilines is 2. The first kappa shape index (κ1) is 18.4. The number of rotatable bonds is 2. The van der Waals surface area contributed by atoms with Crippen molar-refractivity contribution in [3.05, 3.63) is 48.0 Å². The van der Waals surface area contributed by atoms with Crippen molar-refractivity contribution >= 4 is 34.4 Å². The first-order valence-corrected chi connectivity index (χ1v) is 9.56. The van der Waals surface area contributed by atoms with Gasteiger partial charge in [-0.25, -0.2) is 9.37 Å². The molecule has 3 N–H and O–H groups in total. The number of hydrazone groups is 1. The third-order valence-electron chi connectivity index (χ3n) is 4.87. The van der Waals surface area contributed by atoms with Crippen molar-refractivity contribution in [2.24, 2.45) is 5.10 Å². The maximum atomic E-state index is 13.4. The molecule has 1 aromatic heterocycles. The van der Waals surface area contributed by atoms with Crippen LogP contribution in [0, 0.1) is 5.82 Å². The summed E-state index contributed by atoms with van der Waals surface area (Å²) in [7, 11) is 0. The molecule has 9 heteroatoms. The van der Waals surface area contributed by atoms with Crippen molar-refractivity contribution in [2.75, 3.05) is 42.9 Å². The van der Waals surface area contributed by atoms with Crippen molar-refractivity contribution in [1.29, 1.82) is 0 Å². The molecule has 0 bridgehead atoms. The minimum atomic E-state index is -0.373. The van der Waals surface area contributed by atoms with Gasteiger partial charge in [-0.2, -0.15) is 5.10 Å². The Morgan fingerprint density at radius 3 is 2.71 bits per heavy atom. The number of hydrogen-bond donors (Lipinski definition) is 3. The zero-order chi connectivity index (χ0) is 19.5.